The molecule has 1 aromatic heterocycles. The van der Waals surface area contributed by atoms with Gasteiger partial charge in [-0.25, -0.2) is 4.98 Å². The van der Waals surface area contributed by atoms with Crippen LogP contribution >= 0.6 is 11.3 Å². The van der Waals surface area contributed by atoms with Gasteiger partial charge in [-0.2, -0.15) is 0 Å². The minimum absolute atomic E-state index is 0.658. The summed E-state index contributed by atoms with van der Waals surface area (Å²) in [5.74, 6) is 1.59. The fraction of sp³-hybridized carbons (Fsp3) is 0.565. The maximum atomic E-state index is 4.85. The summed E-state index contributed by atoms with van der Waals surface area (Å²) in [6.07, 6.45) is 3.33. The minimum atomic E-state index is 0.658. The van der Waals surface area contributed by atoms with Crippen molar-refractivity contribution in [2.45, 2.75) is 40.0 Å². The molecule has 1 fully saturated rings. The van der Waals surface area contributed by atoms with Crippen molar-refractivity contribution in [3.63, 3.8) is 0 Å². The first kappa shape index (κ1) is 21.8. The van der Waals surface area contributed by atoms with Gasteiger partial charge in [-0.15, -0.1) is 11.3 Å². The summed E-state index contributed by atoms with van der Waals surface area (Å²) < 4.78 is 0. The van der Waals surface area contributed by atoms with E-state index in [2.05, 4.69) is 71.6 Å². The summed E-state index contributed by atoms with van der Waals surface area (Å²) in [4.78, 5) is 13.4. The highest BCUT2D eigenvalue weighted by atomic mass is 32.1. The molecule has 2 N–H and O–H groups in total. The molecule has 5 nitrogen and oxygen atoms in total. The summed E-state index contributed by atoms with van der Waals surface area (Å²) in [7, 11) is 0. The van der Waals surface area contributed by atoms with Crippen molar-refractivity contribution in [1.29, 1.82) is 0 Å². The van der Waals surface area contributed by atoms with Crippen molar-refractivity contribution in [2.75, 3.05) is 39.3 Å². The topological polar surface area (TPSA) is 52.6 Å². The maximum Gasteiger partial charge on any atom is 0.191 e. The first-order chi connectivity index (χ1) is 14.1. The van der Waals surface area contributed by atoms with Gasteiger partial charge in [0.05, 0.1) is 10.7 Å². The van der Waals surface area contributed by atoms with Crippen LogP contribution in [0.15, 0.2) is 35.3 Å². The van der Waals surface area contributed by atoms with Gasteiger partial charge < -0.3 is 15.5 Å². The van der Waals surface area contributed by atoms with Gasteiger partial charge in [0, 0.05) is 44.0 Å². The summed E-state index contributed by atoms with van der Waals surface area (Å²) in [5, 5.41) is 8.05. The van der Waals surface area contributed by atoms with Crippen LogP contribution in [0.1, 0.15) is 34.5 Å². The Morgan fingerprint density at radius 1 is 1.21 bits per heavy atom. The highest BCUT2D eigenvalue weighted by Gasteiger charge is 2.21. The van der Waals surface area contributed by atoms with Gasteiger partial charge in [-0.1, -0.05) is 30.3 Å². The number of aromatic nitrogens is 1. The Hall–Kier alpha value is -1.92. The van der Waals surface area contributed by atoms with E-state index in [1.165, 1.54) is 28.4 Å². The zero-order chi connectivity index (χ0) is 20.5. The molecule has 1 unspecified atom stereocenters. The summed E-state index contributed by atoms with van der Waals surface area (Å²) in [5.41, 5.74) is 2.59. The number of benzene rings is 1. The number of aliphatic imine (C=N–C) groups is 1. The van der Waals surface area contributed by atoms with Gasteiger partial charge in [0.15, 0.2) is 5.96 Å². The Morgan fingerprint density at radius 2 is 2.03 bits per heavy atom. The van der Waals surface area contributed by atoms with E-state index in [1.54, 1.807) is 11.3 Å². The molecule has 1 aromatic carbocycles. The highest BCUT2D eigenvalue weighted by Crippen LogP contribution is 2.18. The van der Waals surface area contributed by atoms with E-state index in [1.807, 2.05) is 0 Å². The normalized spacial score (nSPS) is 17.6. The number of rotatable bonds is 9. The first-order valence-corrected chi connectivity index (χ1v) is 11.7. The average molecular weight is 414 g/mol. The third-order valence-electron chi connectivity index (χ3n) is 5.49. The smallest absolute Gasteiger partial charge is 0.191 e. The molecule has 2 heterocycles. The molecule has 1 atom stereocenters. The molecule has 1 aliphatic heterocycles. The summed E-state index contributed by atoms with van der Waals surface area (Å²) in [6, 6.07) is 10.8. The Labute approximate surface area is 179 Å². The lowest BCUT2D eigenvalue weighted by molar-refractivity contribution is 0.329. The number of nitrogens with one attached hydrogen (secondary N) is 2. The molecule has 158 valence electrons. The van der Waals surface area contributed by atoms with Crippen LogP contribution in [0.25, 0.3) is 0 Å². The van der Waals surface area contributed by atoms with E-state index in [9.17, 15) is 0 Å². The van der Waals surface area contributed by atoms with Crippen LogP contribution in [0.2, 0.25) is 0 Å². The van der Waals surface area contributed by atoms with Crippen molar-refractivity contribution < 1.29 is 0 Å². The third-order valence-corrected chi connectivity index (χ3v) is 6.62. The van der Waals surface area contributed by atoms with E-state index < -0.39 is 0 Å². The Kier molecular flexibility index (Phi) is 8.50. The van der Waals surface area contributed by atoms with Crippen LogP contribution in [-0.2, 0) is 12.8 Å². The molecular formula is C23H35N5S. The number of likely N-dealkylation sites (tertiary alicyclic amines) is 1. The zero-order valence-electron chi connectivity index (χ0n) is 18.1. The number of guanidine groups is 1. The third kappa shape index (κ3) is 7.12. The Morgan fingerprint density at radius 3 is 2.76 bits per heavy atom. The van der Waals surface area contributed by atoms with Crippen LogP contribution in [0.5, 0.6) is 0 Å². The van der Waals surface area contributed by atoms with Crippen LogP contribution in [0.4, 0.5) is 0 Å². The van der Waals surface area contributed by atoms with Crippen LogP contribution in [0.3, 0.4) is 0 Å². The SMILES string of the molecule is CCNC(=NCC1CCN(CCc2ccccc2)C1)NCCc1nc(C)c(C)s1. The molecule has 0 spiro atoms. The second kappa shape index (κ2) is 11.3. The molecule has 2 aromatic rings. The van der Waals surface area contributed by atoms with Crippen molar-refractivity contribution >= 4 is 17.3 Å². The van der Waals surface area contributed by atoms with E-state index in [-0.39, 0.29) is 0 Å². The van der Waals surface area contributed by atoms with E-state index in [4.69, 9.17) is 4.99 Å². The van der Waals surface area contributed by atoms with Crippen LogP contribution in [-0.4, -0.2) is 55.1 Å². The van der Waals surface area contributed by atoms with Crippen LogP contribution in [0, 0.1) is 19.8 Å². The lowest BCUT2D eigenvalue weighted by Gasteiger charge is -2.16. The van der Waals surface area contributed by atoms with Gasteiger partial charge in [0.2, 0.25) is 0 Å². The second-order valence-corrected chi connectivity index (χ2v) is 9.12. The fourth-order valence-corrected chi connectivity index (χ4v) is 4.63. The molecule has 1 saturated heterocycles. The standard InChI is InChI=1S/C23H35N5S/c1-4-24-23(25-13-10-22-27-18(2)19(3)29-22)26-16-21-12-15-28(17-21)14-11-20-8-6-5-7-9-20/h5-9,21H,4,10-17H2,1-3H3,(H2,24,25,26). The van der Waals surface area contributed by atoms with Gasteiger partial charge >= 0.3 is 0 Å². The molecule has 3 rings (SSSR count). The Balaban J connectivity index is 1.40. The molecule has 0 aliphatic carbocycles. The molecule has 29 heavy (non-hydrogen) atoms. The van der Waals surface area contributed by atoms with Crippen molar-refractivity contribution in [2.24, 2.45) is 10.9 Å². The summed E-state index contributed by atoms with van der Waals surface area (Å²) in [6.45, 7) is 12.5. The largest absolute Gasteiger partial charge is 0.357 e. The predicted octanol–water partition coefficient (Wildman–Crippen LogP) is 3.42. The molecule has 0 amide bonds. The van der Waals surface area contributed by atoms with Crippen molar-refractivity contribution in [3.8, 4) is 0 Å². The van der Waals surface area contributed by atoms with E-state index in [0.29, 0.717) is 5.92 Å². The van der Waals surface area contributed by atoms with Gasteiger partial charge in [0.1, 0.15) is 0 Å². The van der Waals surface area contributed by atoms with Crippen molar-refractivity contribution in [3.05, 3.63) is 51.5 Å². The van der Waals surface area contributed by atoms with E-state index >= 15 is 0 Å². The molecule has 6 heteroatoms. The van der Waals surface area contributed by atoms with Crippen LogP contribution < -0.4 is 10.6 Å². The zero-order valence-corrected chi connectivity index (χ0v) is 18.9. The summed E-state index contributed by atoms with van der Waals surface area (Å²) >= 11 is 1.80. The molecule has 0 saturated carbocycles. The van der Waals surface area contributed by atoms with Gasteiger partial charge in [-0.3, -0.25) is 4.99 Å². The van der Waals surface area contributed by atoms with Gasteiger partial charge in [0.25, 0.3) is 0 Å². The number of thiazole rings is 1. The molecule has 0 bridgehead atoms. The molecule has 0 radical (unpaired) electrons. The highest BCUT2D eigenvalue weighted by molar-refractivity contribution is 7.11. The fourth-order valence-electron chi connectivity index (χ4n) is 3.69. The second-order valence-electron chi connectivity index (χ2n) is 7.84. The number of hydrogen-bond acceptors (Lipinski definition) is 4. The quantitative estimate of drug-likeness (QED) is 0.489. The molecular weight excluding hydrogens is 378 g/mol. The first-order valence-electron chi connectivity index (χ1n) is 10.9. The lowest BCUT2D eigenvalue weighted by atomic mass is 10.1. The van der Waals surface area contributed by atoms with Gasteiger partial charge in [-0.05, 0) is 51.6 Å². The average Bonchev–Trinajstić information content (AvgIpc) is 3.31. The number of aryl methyl sites for hydroxylation is 2. The minimum Gasteiger partial charge on any atom is -0.357 e. The van der Waals surface area contributed by atoms with Crippen molar-refractivity contribution in [1.82, 2.24) is 20.5 Å². The Bertz CT molecular complexity index is 751. The lowest BCUT2D eigenvalue weighted by Crippen LogP contribution is -2.38. The molecule has 1 aliphatic rings. The number of hydrogen-bond donors (Lipinski definition) is 2. The monoisotopic (exact) mass is 413 g/mol. The van der Waals surface area contributed by atoms with E-state index in [0.717, 1.165) is 57.2 Å². The number of nitrogens with zero attached hydrogens (tertiary/aromatic N) is 3. The predicted molar refractivity (Wildman–Crippen MR) is 124 cm³/mol. The maximum absolute atomic E-state index is 4.85.